The SMILES string of the molecule is O=C1NC(=NC2CCCC2)S/C1=C\c1cc([N+](=O)[O-])ccc1N1CCCC1. The molecule has 0 radical (unpaired) electrons. The topological polar surface area (TPSA) is 87.8 Å². The van der Waals surface area contributed by atoms with Crippen LogP contribution in [0.25, 0.3) is 6.08 Å². The summed E-state index contributed by atoms with van der Waals surface area (Å²) in [5.74, 6) is -0.185. The Morgan fingerprint density at radius 1 is 1.22 bits per heavy atom. The molecule has 2 aliphatic heterocycles. The van der Waals surface area contributed by atoms with E-state index in [1.54, 1.807) is 18.2 Å². The predicted octanol–water partition coefficient (Wildman–Crippen LogP) is 3.70. The molecule has 27 heavy (non-hydrogen) atoms. The van der Waals surface area contributed by atoms with Gasteiger partial charge in [-0.15, -0.1) is 0 Å². The summed E-state index contributed by atoms with van der Waals surface area (Å²) >= 11 is 1.33. The minimum absolute atomic E-state index is 0.0352. The van der Waals surface area contributed by atoms with Gasteiger partial charge in [0.25, 0.3) is 11.6 Å². The first-order valence-corrected chi connectivity index (χ1v) is 10.2. The Hall–Kier alpha value is -2.35. The molecule has 1 N–H and O–H groups in total. The lowest BCUT2D eigenvalue weighted by atomic mass is 10.1. The number of anilines is 1. The van der Waals surface area contributed by atoms with Crippen LogP contribution in [-0.4, -0.2) is 35.1 Å². The van der Waals surface area contributed by atoms with Gasteiger partial charge in [0.15, 0.2) is 5.17 Å². The first kappa shape index (κ1) is 18.0. The fourth-order valence-electron chi connectivity index (χ4n) is 3.85. The number of hydrogen-bond donors (Lipinski definition) is 1. The van der Waals surface area contributed by atoms with Crippen LogP contribution in [0.1, 0.15) is 44.1 Å². The Morgan fingerprint density at radius 3 is 2.67 bits per heavy atom. The molecule has 142 valence electrons. The van der Waals surface area contributed by atoms with Crippen molar-refractivity contribution in [2.45, 2.75) is 44.6 Å². The Balaban J connectivity index is 1.64. The maximum absolute atomic E-state index is 12.4. The molecule has 0 bridgehead atoms. The van der Waals surface area contributed by atoms with Crippen molar-refractivity contribution >= 4 is 40.3 Å². The fraction of sp³-hybridized carbons (Fsp3) is 0.474. The third kappa shape index (κ3) is 4.00. The molecule has 0 aromatic heterocycles. The Kier molecular flexibility index (Phi) is 5.15. The summed E-state index contributed by atoms with van der Waals surface area (Å²) < 4.78 is 0. The Labute approximate surface area is 162 Å². The summed E-state index contributed by atoms with van der Waals surface area (Å²) in [5, 5.41) is 14.7. The number of carbonyl (C=O) groups is 1. The van der Waals surface area contributed by atoms with E-state index >= 15 is 0 Å². The highest BCUT2D eigenvalue weighted by atomic mass is 32.2. The molecule has 3 aliphatic rings. The monoisotopic (exact) mass is 386 g/mol. The van der Waals surface area contributed by atoms with Gasteiger partial charge in [-0.1, -0.05) is 12.8 Å². The maximum atomic E-state index is 12.4. The first-order chi connectivity index (χ1) is 13.1. The van der Waals surface area contributed by atoms with Gasteiger partial charge in [0.1, 0.15) is 0 Å². The molecule has 1 aromatic carbocycles. The molecule has 1 aromatic rings. The number of hydrogen-bond acceptors (Lipinski definition) is 6. The second kappa shape index (κ2) is 7.72. The van der Waals surface area contributed by atoms with Crippen molar-refractivity contribution in [3.63, 3.8) is 0 Å². The van der Waals surface area contributed by atoms with E-state index < -0.39 is 4.92 Å². The van der Waals surface area contributed by atoms with Crippen molar-refractivity contribution in [2.75, 3.05) is 18.0 Å². The largest absolute Gasteiger partial charge is 0.371 e. The summed E-state index contributed by atoms with van der Waals surface area (Å²) in [6, 6.07) is 5.18. The lowest BCUT2D eigenvalue weighted by Gasteiger charge is -2.20. The quantitative estimate of drug-likeness (QED) is 0.484. The third-order valence-electron chi connectivity index (χ3n) is 5.23. The number of rotatable bonds is 4. The highest BCUT2D eigenvalue weighted by molar-refractivity contribution is 8.18. The molecule has 2 saturated heterocycles. The van der Waals surface area contributed by atoms with Crippen molar-refractivity contribution in [3.8, 4) is 0 Å². The molecular formula is C19H22N4O3S. The van der Waals surface area contributed by atoms with Gasteiger partial charge in [0, 0.05) is 36.5 Å². The van der Waals surface area contributed by atoms with E-state index in [1.165, 1.54) is 30.7 Å². The smallest absolute Gasteiger partial charge is 0.270 e. The molecule has 4 rings (SSSR count). The van der Waals surface area contributed by atoms with Gasteiger partial charge in [0.05, 0.1) is 15.9 Å². The van der Waals surface area contributed by atoms with E-state index in [4.69, 9.17) is 0 Å². The van der Waals surface area contributed by atoms with Crippen molar-refractivity contribution in [3.05, 3.63) is 38.8 Å². The summed E-state index contributed by atoms with van der Waals surface area (Å²) in [7, 11) is 0. The zero-order chi connectivity index (χ0) is 18.8. The molecule has 2 heterocycles. The zero-order valence-corrected chi connectivity index (χ0v) is 15.8. The van der Waals surface area contributed by atoms with Crippen LogP contribution in [-0.2, 0) is 4.79 Å². The van der Waals surface area contributed by atoms with Crippen LogP contribution < -0.4 is 10.2 Å². The zero-order valence-electron chi connectivity index (χ0n) is 15.0. The van der Waals surface area contributed by atoms with Gasteiger partial charge in [-0.2, -0.15) is 0 Å². The second-order valence-electron chi connectivity index (χ2n) is 7.13. The number of aliphatic imine (C=N–C) groups is 1. The average Bonchev–Trinajstić information content (AvgIpc) is 3.39. The number of amidine groups is 1. The number of non-ortho nitro benzene ring substituents is 1. The highest BCUT2D eigenvalue weighted by Gasteiger charge is 2.27. The van der Waals surface area contributed by atoms with E-state index in [0.717, 1.165) is 44.5 Å². The van der Waals surface area contributed by atoms with E-state index in [1.807, 2.05) is 0 Å². The van der Waals surface area contributed by atoms with Crippen LogP contribution in [0.4, 0.5) is 11.4 Å². The number of nitrogens with one attached hydrogen (secondary N) is 1. The second-order valence-corrected chi connectivity index (χ2v) is 8.16. The molecule has 0 unspecified atom stereocenters. The number of nitro groups is 1. The first-order valence-electron chi connectivity index (χ1n) is 9.42. The van der Waals surface area contributed by atoms with Gasteiger partial charge in [-0.3, -0.25) is 19.9 Å². The summed E-state index contributed by atoms with van der Waals surface area (Å²) in [6.45, 7) is 1.86. The molecule has 0 atom stereocenters. The number of nitro benzene ring substituents is 1. The minimum atomic E-state index is -0.398. The van der Waals surface area contributed by atoms with Crippen LogP contribution in [0.2, 0.25) is 0 Å². The lowest BCUT2D eigenvalue weighted by Crippen LogP contribution is -2.21. The number of thioether (sulfide) groups is 1. The highest BCUT2D eigenvalue weighted by Crippen LogP contribution is 2.34. The standard InChI is InChI=1S/C19H22N4O3S/c24-18-17(27-19(21-18)20-14-5-1-2-6-14)12-13-11-15(23(25)26)7-8-16(13)22-9-3-4-10-22/h7-8,11-12,14H,1-6,9-10H2,(H,20,21,24)/b17-12-. The number of carbonyl (C=O) groups excluding carboxylic acids is 1. The van der Waals surface area contributed by atoms with Gasteiger partial charge >= 0.3 is 0 Å². The maximum Gasteiger partial charge on any atom is 0.270 e. The van der Waals surface area contributed by atoms with Gasteiger partial charge in [-0.25, -0.2) is 0 Å². The van der Waals surface area contributed by atoms with Crippen LogP contribution in [0.5, 0.6) is 0 Å². The predicted molar refractivity (Wildman–Crippen MR) is 108 cm³/mol. The summed E-state index contributed by atoms with van der Waals surface area (Å²) in [6.07, 6.45) is 8.51. The van der Waals surface area contributed by atoms with Crippen LogP contribution in [0.15, 0.2) is 28.1 Å². The summed E-state index contributed by atoms with van der Waals surface area (Å²) in [5.41, 5.74) is 1.69. The van der Waals surface area contributed by atoms with Crippen LogP contribution in [0.3, 0.4) is 0 Å². The molecule has 1 saturated carbocycles. The molecule has 1 aliphatic carbocycles. The minimum Gasteiger partial charge on any atom is -0.371 e. The summed E-state index contributed by atoms with van der Waals surface area (Å²) in [4.78, 5) is 30.6. The Morgan fingerprint density at radius 2 is 1.96 bits per heavy atom. The van der Waals surface area contributed by atoms with Crippen LogP contribution >= 0.6 is 11.8 Å². The Bertz CT molecular complexity index is 824. The normalized spacial score (nSPS) is 23.6. The molecule has 7 nitrogen and oxygen atoms in total. The van der Waals surface area contributed by atoms with E-state index in [-0.39, 0.29) is 11.6 Å². The van der Waals surface area contributed by atoms with Crippen molar-refractivity contribution < 1.29 is 9.72 Å². The van der Waals surface area contributed by atoms with E-state index in [0.29, 0.717) is 21.7 Å². The molecule has 8 heteroatoms. The van der Waals surface area contributed by atoms with Gasteiger partial charge < -0.3 is 10.2 Å². The molecule has 1 amide bonds. The molecular weight excluding hydrogens is 364 g/mol. The van der Waals surface area contributed by atoms with Crippen molar-refractivity contribution in [1.82, 2.24) is 5.32 Å². The lowest BCUT2D eigenvalue weighted by molar-refractivity contribution is -0.384. The van der Waals surface area contributed by atoms with E-state index in [9.17, 15) is 14.9 Å². The average molecular weight is 386 g/mol. The van der Waals surface area contributed by atoms with Gasteiger partial charge in [-0.05, 0) is 49.6 Å². The van der Waals surface area contributed by atoms with Crippen molar-refractivity contribution in [2.24, 2.45) is 4.99 Å². The van der Waals surface area contributed by atoms with E-state index in [2.05, 4.69) is 15.2 Å². The molecule has 3 fully saturated rings. The number of amides is 1. The number of nitrogens with zero attached hydrogens (tertiary/aromatic N) is 3. The third-order valence-corrected chi connectivity index (χ3v) is 6.15. The fourth-order valence-corrected chi connectivity index (χ4v) is 4.73. The van der Waals surface area contributed by atoms with Crippen LogP contribution in [0, 0.1) is 10.1 Å². The van der Waals surface area contributed by atoms with Crippen molar-refractivity contribution in [1.29, 1.82) is 0 Å². The number of benzene rings is 1. The molecule has 0 spiro atoms. The van der Waals surface area contributed by atoms with Gasteiger partial charge in [0.2, 0.25) is 0 Å².